The van der Waals surface area contributed by atoms with Crippen LogP contribution in [0, 0.1) is 12.7 Å². The van der Waals surface area contributed by atoms with Crippen molar-refractivity contribution in [1.82, 2.24) is 0 Å². The third-order valence-corrected chi connectivity index (χ3v) is 6.78. The van der Waals surface area contributed by atoms with Crippen LogP contribution < -0.4 is 13.8 Å². The minimum Gasteiger partial charge on any atom is -0.493 e. The van der Waals surface area contributed by atoms with E-state index in [1.807, 2.05) is 38.1 Å². The van der Waals surface area contributed by atoms with E-state index in [4.69, 9.17) is 9.47 Å². The fourth-order valence-corrected chi connectivity index (χ4v) is 4.95. The lowest BCUT2D eigenvalue weighted by molar-refractivity contribution is 0.355. The van der Waals surface area contributed by atoms with E-state index >= 15 is 0 Å². The summed E-state index contributed by atoms with van der Waals surface area (Å²) in [7, 11) is -1.00. The van der Waals surface area contributed by atoms with Crippen molar-refractivity contribution in [2.45, 2.75) is 24.8 Å². The largest absolute Gasteiger partial charge is 0.493 e. The monoisotopic (exact) mass is 429 g/mol. The Morgan fingerprint density at radius 1 is 0.900 bits per heavy atom. The van der Waals surface area contributed by atoms with Gasteiger partial charge in [0.2, 0.25) is 0 Å². The first-order valence-electron chi connectivity index (χ1n) is 9.36. The van der Waals surface area contributed by atoms with E-state index in [-0.39, 0.29) is 4.90 Å². The van der Waals surface area contributed by atoms with Gasteiger partial charge in [0.25, 0.3) is 10.0 Å². The molecule has 158 valence electrons. The molecule has 0 N–H and O–H groups in total. The lowest BCUT2D eigenvalue weighted by Gasteiger charge is -2.31. The van der Waals surface area contributed by atoms with Crippen molar-refractivity contribution in [2.24, 2.45) is 0 Å². The van der Waals surface area contributed by atoms with Gasteiger partial charge < -0.3 is 9.47 Å². The third-order valence-electron chi connectivity index (χ3n) is 4.87. The van der Waals surface area contributed by atoms with Gasteiger partial charge in [-0.15, -0.1) is 0 Å². The fraction of sp³-hybridized carbons (Fsp3) is 0.217. The summed E-state index contributed by atoms with van der Waals surface area (Å²) in [4.78, 5) is -0.00168. The van der Waals surface area contributed by atoms with E-state index in [0.29, 0.717) is 17.2 Å². The molecule has 5 nitrogen and oxygen atoms in total. The van der Waals surface area contributed by atoms with Crippen LogP contribution >= 0.6 is 0 Å². The van der Waals surface area contributed by atoms with Crippen molar-refractivity contribution in [3.63, 3.8) is 0 Å². The van der Waals surface area contributed by atoms with Crippen LogP contribution in [-0.4, -0.2) is 22.6 Å². The van der Waals surface area contributed by atoms with E-state index in [9.17, 15) is 12.8 Å². The second-order valence-corrected chi connectivity index (χ2v) is 8.70. The molecule has 0 fully saturated rings. The first-order valence-corrected chi connectivity index (χ1v) is 10.8. The Balaban J connectivity index is 2.19. The van der Waals surface area contributed by atoms with Gasteiger partial charge in [0, 0.05) is 6.07 Å². The molecule has 0 heterocycles. The first-order chi connectivity index (χ1) is 14.3. The SMILES string of the molecule is COc1ccc(N([C@H](C)c2cccc(C)c2)S(=O)(=O)c2ccc(F)cc2)cc1OC. The van der Waals surface area contributed by atoms with Crippen molar-refractivity contribution < 1.29 is 22.3 Å². The minimum absolute atomic E-state index is 0.00168. The Hall–Kier alpha value is -3.06. The number of sulfonamides is 1. The van der Waals surface area contributed by atoms with Gasteiger partial charge in [0.1, 0.15) is 5.82 Å². The Bertz CT molecular complexity index is 1130. The Kier molecular flexibility index (Phi) is 6.31. The van der Waals surface area contributed by atoms with Gasteiger partial charge in [-0.1, -0.05) is 29.8 Å². The second-order valence-electron chi connectivity index (χ2n) is 6.88. The van der Waals surface area contributed by atoms with Gasteiger partial charge in [-0.3, -0.25) is 4.31 Å². The maximum atomic E-state index is 13.6. The molecular formula is C23H24FNO4S. The number of anilines is 1. The van der Waals surface area contributed by atoms with E-state index < -0.39 is 21.9 Å². The average Bonchev–Trinajstić information content (AvgIpc) is 2.73. The molecule has 7 heteroatoms. The number of aryl methyl sites for hydroxylation is 1. The van der Waals surface area contributed by atoms with E-state index in [1.165, 1.54) is 30.7 Å². The van der Waals surface area contributed by atoms with E-state index in [2.05, 4.69) is 0 Å². The van der Waals surface area contributed by atoms with Crippen molar-refractivity contribution in [2.75, 3.05) is 18.5 Å². The summed E-state index contributed by atoms with van der Waals surface area (Å²) in [5.41, 5.74) is 2.26. The summed E-state index contributed by atoms with van der Waals surface area (Å²) in [5.74, 6) is 0.396. The molecule has 0 aliphatic heterocycles. The molecule has 0 aliphatic carbocycles. The van der Waals surface area contributed by atoms with Gasteiger partial charge in [-0.25, -0.2) is 12.8 Å². The van der Waals surface area contributed by atoms with Gasteiger partial charge in [0.15, 0.2) is 11.5 Å². The van der Waals surface area contributed by atoms with Crippen LogP contribution in [0.15, 0.2) is 71.6 Å². The molecule has 1 atom stereocenters. The van der Waals surface area contributed by atoms with Gasteiger partial charge >= 0.3 is 0 Å². The van der Waals surface area contributed by atoms with Crippen molar-refractivity contribution >= 4 is 15.7 Å². The number of hydrogen-bond acceptors (Lipinski definition) is 4. The number of benzene rings is 3. The zero-order valence-electron chi connectivity index (χ0n) is 17.3. The lowest BCUT2D eigenvalue weighted by Crippen LogP contribution is -2.33. The van der Waals surface area contributed by atoms with Crippen LogP contribution in [0.2, 0.25) is 0 Å². The first kappa shape index (κ1) is 21.6. The topological polar surface area (TPSA) is 55.8 Å². The smallest absolute Gasteiger partial charge is 0.264 e. The summed E-state index contributed by atoms with van der Waals surface area (Å²) in [6, 6.07) is 16.9. The Morgan fingerprint density at radius 2 is 1.57 bits per heavy atom. The summed E-state index contributed by atoms with van der Waals surface area (Å²) >= 11 is 0. The molecule has 0 aromatic heterocycles. The number of halogens is 1. The maximum absolute atomic E-state index is 13.6. The highest BCUT2D eigenvalue weighted by molar-refractivity contribution is 7.92. The molecule has 0 saturated heterocycles. The normalized spacial score (nSPS) is 12.3. The van der Waals surface area contributed by atoms with Crippen LogP contribution in [0.4, 0.5) is 10.1 Å². The molecule has 3 aromatic carbocycles. The van der Waals surface area contributed by atoms with Crippen molar-refractivity contribution in [1.29, 1.82) is 0 Å². The molecule has 3 aromatic rings. The number of rotatable bonds is 7. The van der Waals surface area contributed by atoms with Crippen LogP contribution in [0.5, 0.6) is 11.5 Å². The molecule has 0 radical (unpaired) electrons. The molecule has 0 aliphatic rings. The van der Waals surface area contributed by atoms with Gasteiger partial charge in [0.05, 0.1) is 30.8 Å². The Morgan fingerprint density at radius 3 is 2.17 bits per heavy atom. The summed E-state index contributed by atoms with van der Waals surface area (Å²) < 4.78 is 52.6. The maximum Gasteiger partial charge on any atom is 0.264 e. The number of ether oxygens (including phenoxy) is 2. The van der Waals surface area contributed by atoms with Gasteiger partial charge in [-0.05, 0) is 55.8 Å². The molecular weight excluding hydrogens is 405 g/mol. The summed E-state index contributed by atoms with van der Waals surface area (Å²) in [6.45, 7) is 3.76. The van der Waals surface area contributed by atoms with Crippen molar-refractivity contribution in [3.05, 3.63) is 83.7 Å². The quantitative estimate of drug-likeness (QED) is 0.524. The van der Waals surface area contributed by atoms with Crippen LogP contribution in [0.25, 0.3) is 0 Å². The highest BCUT2D eigenvalue weighted by Gasteiger charge is 2.31. The van der Waals surface area contributed by atoms with Crippen LogP contribution in [-0.2, 0) is 10.0 Å². The zero-order chi connectivity index (χ0) is 21.9. The molecule has 0 unspecified atom stereocenters. The summed E-state index contributed by atoms with van der Waals surface area (Å²) in [5, 5.41) is 0. The average molecular weight is 430 g/mol. The fourth-order valence-electron chi connectivity index (χ4n) is 3.32. The standard InChI is InChI=1S/C23H24FNO4S/c1-16-6-5-7-18(14-16)17(2)25(20-10-13-22(28-3)23(15-20)29-4)30(26,27)21-11-8-19(24)9-12-21/h5-15,17H,1-4H3/t17-/m1/s1. The van der Waals surface area contributed by atoms with Gasteiger partial charge in [-0.2, -0.15) is 0 Å². The minimum atomic E-state index is -4.01. The second kappa shape index (κ2) is 8.75. The number of methoxy groups -OCH3 is 2. The van der Waals surface area contributed by atoms with Crippen LogP contribution in [0.3, 0.4) is 0 Å². The van der Waals surface area contributed by atoms with E-state index in [0.717, 1.165) is 23.3 Å². The predicted octanol–water partition coefficient (Wildman–Crippen LogP) is 5.11. The third kappa shape index (κ3) is 4.26. The van der Waals surface area contributed by atoms with Crippen LogP contribution in [0.1, 0.15) is 24.1 Å². The number of nitrogens with zero attached hydrogens (tertiary/aromatic N) is 1. The molecule has 0 amide bonds. The zero-order valence-corrected chi connectivity index (χ0v) is 18.1. The molecule has 0 bridgehead atoms. The highest BCUT2D eigenvalue weighted by atomic mass is 32.2. The van der Waals surface area contributed by atoms with Crippen molar-refractivity contribution in [3.8, 4) is 11.5 Å². The lowest BCUT2D eigenvalue weighted by atomic mass is 10.1. The molecule has 3 rings (SSSR count). The van der Waals surface area contributed by atoms with E-state index in [1.54, 1.807) is 18.2 Å². The molecule has 0 spiro atoms. The Labute approximate surface area is 176 Å². The number of hydrogen-bond donors (Lipinski definition) is 0. The summed E-state index contributed by atoms with van der Waals surface area (Å²) in [6.07, 6.45) is 0. The predicted molar refractivity (Wildman–Crippen MR) is 115 cm³/mol. The molecule has 30 heavy (non-hydrogen) atoms. The molecule has 0 saturated carbocycles. The highest BCUT2D eigenvalue weighted by Crippen LogP contribution is 2.38.